The van der Waals surface area contributed by atoms with Gasteiger partial charge in [0.05, 0.1) is 36.0 Å². The molecule has 0 spiro atoms. The van der Waals surface area contributed by atoms with Crippen LogP contribution in [-0.4, -0.2) is 41.7 Å². The van der Waals surface area contributed by atoms with E-state index in [1.54, 1.807) is 6.20 Å². The van der Waals surface area contributed by atoms with Crippen LogP contribution in [-0.2, 0) is 4.74 Å². The molecule has 1 saturated heterocycles. The van der Waals surface area contributed by atoms with Gasteiger partial charge in [-0.05, 0) is 37.6 Å². The first-order valence-electron chi connectivity index (χ1n) is 9.06. The topological polar surface area (TPSA) is 81.3 Å². The Kier molecular flexibility index (Phi) is 4.49. The lowest BCUT2D eigenvalue weighted by Gasteiger charge is -2.34. The van der Waals surface area contributed by atoms with Crippen molar-refractivity contribution in [1.82, 2.24) is 9.97 Å². The van der Waals surface area contributed by atoms with Gasteiger partial charge >= 0.3 is 0 Å². The summed E-state index contributed by atoms with van der Waals surface area (Å²) in [5.74, 6) is 0.416. The Labute approximate surface area is 158 Å². The molecule has 0 radical (unpaired) electrons. The minimum atomic E-state index is -0.480. The molecule has 6 nitrogen and oxygen atoms in total. The molecule has 0 saturated carbocycles. The number of morpholine rings is 1. The number of nitrogens with zero attached hydrogens (tertiary/aromatic N) is 3. The van der Waals surface area contributed by atoms with Crippen molar-refractivity contribution in [3.8, 4) is 11.3 Å². The minimum absolute atomic E-state index is 0.277. The van der Waals surface area contributed by atoms with E-state index in [2.05, 4.69) is 16.8 Å². The third-order valence-electron chi connectivity index (χ3n) is 5.08. The van der Waals surface area contributed by atoms with Crippen LogP contribution in [0, 0.1) is 6.92 Å². The van der Waals surface area contributed by atoms with E-state index in [1.165, 1.54) is 0 Å². The number of nitrogens with two attached hydrogens (primary N) is 1. The maximum atomic E-state index is 12.2. The van der Waals surface area contributed by atoms with Gasteiger partial charge in [-0.15, -0.1) is 0 Å². The fourth-order valence-electron chi connectivity index (χ4n) is 3.65. The van der Waals surface area contributed by atoms with E-state index in [1.807, 2.05) is 43.3 Å². The Bertz CT molecular complexity index is 1000. The van der Waals surface area contributed by atoms with Gasteiger partial charge in [-0.1, -0.05) is 18.2 Å². The number of hydrogen-bond donors (Lipinski definition) is 1. The molecule has 1 aliphatic rings. The van der Waals surface area contributed by atoms with Crippen molar-refractivity contribution in [1.29, 1.82) is 0 Å². The van der Waals surface area contributed by atoms with Crippen molar-refractivity contribution in [2.75, 3.05) is 24.7 Å². The molecule has 3 aromatic rings. The molecule has 6 heteroatoms. The normalized spacial score (nSPS) is 17.3. The Balaban J connectivity index is 1.80. The second-order valence-corrected chi connectivity index (χ2v) is 6.86. The Morgan fingerprint density at radius 3 is 2.78 bits per heavy atom. The van der Waals surface area contributed by atoms with E-state index in [4.69, 9.17) is 15.5 Å². The van der Waals surface area contributed by atoms with Gasteiger partial charge in [0.25, 0.3) is 5.91 Å². The number of ether oxygens (including phenoxy) is 1. The monoisotopic (exact) mass is 362 g/mol. The second-order valence-electron chi connectivity index (χ2n) is 6.86. The number of para-hydroxylation sites is 1. The molecule has 0 bridgehead atoms. The van der Waals surface area contributed by atoms with Crippen LogP contribution in [0.15, 0.2) is 42.6 Å². The smallest absolute Gasteiger partial charge is 0.251 e. The van der Waals surface area contributed by atoms with Crippen LogP contribution in [0.3, 0.4) is 0 Å². The average Bonchev–Trinajstić information content (AvgIpc) is 2.68. The molecule has 4 rings (SSSR count). The van der Waals surface area contributed by atoms with Gasteiger partial charge < -0.3 is 15.4 Å². The number of fused-ring (bicyclic) bond motifs is 1. The predicted molar refractivity (Wildman–Crippen MR) is 106 cm³/mol. The first kappa shape index (κ1) is 17.4. The van der Waals surface area contributed by atoms with Crippen LogP contribution < -0.4 is 10.6 Å². The third-order valence-corrected chi connectivity index (χ3v) is 5.08. The summed E-state index contributed by atoms with van der Waals surface area (Å²) >= 11 is 0. The molecule has 2 N–H and O–H groups in total. The molecule has 3 heterocycles. The number of anilines is 1. The standard InChI is InChI=1S/C21H22N4O2/c1-13-12-27-10-9-25(13)18-8-7-15(11-23-18)20-19(21(22)26)14(2)16-5-3-4-6-17(16)24-20/h3-8,11,13H,9-10,12H2,1-2H3,(H2,22,26)/t13-/m0/s1. The number of aromatic nitrogens is 2. The molecule has 1 aliphatic heterocycles. The lowest BCUT2D eigenvalue weighted by Crippen LogP contribution is -2.44. The molecule has 138 valence electrons. The van der Waals surface area contributed by atoms with Gasteiger partial charge in [0.15, 0.2) is 0 Å². The third kappa shape index (κ3) is 3.13. The van der Waals surface area contributed by atoms with Crippen molar-refractivity contribution >= 4 is 22.6 Å². The molecule has 27 heavy (non-hydrogen) atoms. The Morgan fingerprint density at radius 2 is 2.07 bits per heavy atom. The van der Waals surface area contributed by atoms with E-state index in [0.717, 1.165) is 34.4 Å². The fourth-order valence-corrected chi connectivity index (χ4v) is 3.65. The van der Waals surface area contributed by atoms with E-state index in [-0.39, 0.29) is 6.04 Å². The SMILES string of the molecule is Cc1c(C(N)=O)c(-c2ccc(N3CCOC[C@@H]3C)nc2)nc2ccccc12. The summed E-state index contributed by atoms with van der Waals surface area (Å²) in [6.07, 6.45) is 1.76. The van der Waals surface area contributed by atoms with Crippen molar-refractivity contribution < 1.29 is 9.53 Å². The number of primary amides is 1. The van der Waals surface area contributed by atoms with Gasteiger partial charge in [-0.25, -0.2) is 9.97 Å². The summed E-state index contributed by atoms with van der Waals surface area (Å²) in [6, 6.07) is 12.0. The zero-order chi connectivity index (χ0) is 19.0. The van der Waals surface area contributed by atoms with Gasteiger partial charge in [-0.2, -0.15) is 0 Å². The molecular formula is C21H22N4O2. The van der Waals surface area contributed by atoms with Gasteiger partial charge in [0.1, 0.15) is 5.82 Å². The molecule has 1 fully saturated rings. The number of benzene rings is 1. The molecule has 1 aromatic carbocycles. The Morgan fingerprint density at radius 1 is 1.26 bits per heavy atom. The minimum Gasteiger partial charge on any atom is -0.377 e. The van der Waals surface area contributed by atoms with Crippen LogP contribution in [0.5, 0.6) is 0 Å². The highest BCUT2D eigenvalue weighted by atomic mass is 16.5. The number of aryl methyl sites for hydroxylation is 1. The number of carbonyl (C=O) groups is 1. The zero-order valence-electron chi connectivity index (χ0n) is 15.5. The summed E-state index contributed by atoms with van der Waals surface area (Å²) in [5, 5.41) is 0.932. The van der Waals surface area contributed by atoms with Crippen molar-refractivity contribution in [2.45, 2.75) is 19.9 Å². The Hall–Kier alpha value is -2.99. The van der Waals surface area contributed by atoms with Crippen molar-refractivity contribution in [2.24, 2.45) is 5.73 Å². The van der Waals surface area contributed by atoms with E-state index < -0.39 is 5.91 Å². The second kappa shape index (κ2) is 6.96. The number of carbonyl (C=O) groups excluding carboxylic acids is 1. The number of amides is 1. The zero-order valence-corrected chi connectivity index (χ0v) is 15.5. The highest BCUT2D eigenvalue weighted by Gasteiger charge is 2.21. The van der Waals surface area contributed by atoms with Crippen LogP contribution in [0.25, 0.3) is 22.2 Å². The summed E-state index contributed by atoms with van der Waals surface area (Å²) in [6.45, 7) is 6.23. The van der Waals surface area contributed by atoms with Crippen molar-refractivity contribution in [3.63, 3.8) is 0 Å². The number of rotatable bonds is 3. The maximum absolute atomic E-state index is 12.2. The summed E-state index contributed by atoms with van der Waals surface area (Å²) in [4.78, 5) is 23.7. The number of pyridine rings is 2. The largest absolute Gasteiger partial charge is 0.377 e. The van der Waals surface area contributed by atoms with Crippen molar-refractivity contribution in [3.05, 3.63) is 53.7 Å². The lowest BCUT2D eigenvalue weighted by atomic mass is 9.98. The molecule has 1 atom stereocenters. The first-order valence-corrected chi connectivity index (χ1v) is 9.06. The van der Waals surface area contributed by atoms with Gasteiger partial charge in [0, 0.05) is 23.7 Å². The molecule has 0 unspecified atom stereocenters. The van der Waals surface area contributed by atoms with Crippen LogP contribution in [0.4, 0.5) is 5.82 Å². The maximum Gasteiger partial charge on any atom is 0.251 e. The number of hydrogen-bond acceptors (Lipinski definition) is 5. The van der Waals surface area contributed by atoms with Crippen LogP contribution in [0.1, 0.15) is 22.8 Å². The fraction of sp³-hybridized carbons (Fsp3) is 0.286. The highest BCUT2D eigenvalue weighted by molar-refractivity contribution is 6.04. The summed E-state index contributed by atoms with van der Waals surface area (Å²) in [7, 11) is 0. The lowest BCUT2D eigenvalue weighted by molar-refractivity contribution is 0.0985. The highest BCUT2D eigenvalue weighted by Crippen LogP contribution is 2.30. The molecule has 1 amide bonds. The van der Waals surface area contributed by atoms with Crippen LogP contribution in [0.2, 0.25) is 0 Å². The average molecular weight is 362 g/mol. The molecule has 2 aromatic heterocycles. The molecular weight excluding hydrogens is 340 g/mol. The van der Waals surface area contributed by atoms with E-state index in [9.17, 15) is 4.79 Å². The summed E-state index contributed by atoms with van der Waals surface area (Å²) < 4.78 is 5.49. The van der Waals surface area contributed by atoms with E-state index >= 15 is 0 Å². The summed E-state index contributed by atoms with van der Waals surface area (Å²) in [5.41, 5.74) is 9.17. The predicted octanol–water partition coefficient (Wildman–Crippen LogP) is 2.93. The molecule has 0 aliphatic carbocycles. The van der Waals surface area contributed by atoms with Gasteiger partial charge in [-0.3, -0.25) is 4.79 Å². The van der Waals surface area contributed by atoms with Gasteiger partial charge in [0.2, 0.25) is 0 Å². The van der Waals surface area contributed by atoms with Crippen LogP contribution >= 0.6 is 0 Å². The van der Waals surface area contributed by atoms with E-state index in [0.29, 0.717) is 24.5 Å². The first-order chi connectivity index (χ1) is 13.1. The quantitative estimate of drug-likeness (QED) is 0.775.